The molecule has 1 saturated heterocycles. The Morgan fingerprint density at radius 1 is 1.12 bits per heavy atom. The molecule has 146 valence electrons. The summed E-state index contributed by atoms with van der Waals surface area (Å²) in [6, 6.07) is 3.39. The molecule has 2 rings (SSSR count). The Labute approximate surface area is 144 Å². The van der Waals surface area contributed by atoms with Crippen molar-refractivity contribution in [2.24, 2.45) is 0 Å². The molecule has 1 fully saturated rings. The number of amides is 1. The molecule has 1 aromatic carbocycles. The number of halogens is 6. The molecule has 0 aromatic heterocycles. The van der Waals surface area contributed by atoms with Crippen molar-refractivity contribution in [1.82, 2.24) is 9.80 Å². The minimum absolute atomic E-state index is 0.0244. The zero-order chi connectivity index (χ0) is 19.5. The zero-order valence-electron chi connectivity index (χ0n) is 13.3. The van der Waals surface area contributed by atoms with Crippen molar-refractivity contribution < 1.29 is 41.0 Å². The third kappa shape index (κ3) is 5.77. The lowest BCUT2D eigenvalue weighted by molar-refractivity contribution is -0.328. The Bertz CT molecular complexity index is 617. The summed E-state index contributed by atoms with van der Waals surface area (Å²) in [4.78, 5) is 13.7. The standard InChI is InChI=1S/C15H16F6N2O3/c16-14(17,18)11-3-1-10(2-4-11)7-22-5-6-23(13(24)25)12(8-22)9-26-15(19,20)21/h1-4,12H,5-9H2,(H,24,25). The van der Waals surface area contributed by atoms with Gasteiger partial charge in [0.2, 0.25) is 0 Å². The van der Waals surface area contributed by atoms with Crippen LogP contribution in [0.3, 0.4) is 0 Å². The molecular weight excluding hydrogens is 370 g/mol. The molecule has 1 amide bonds. The third-order valence-electron chi connectivity index (χ3n) is 3.94. The number of ether oxygens (including phenoxy) is 1. The highest BCUT2D eigenvalue weighted by atomic mass is 19.4. The van der Waals surface area contributed by atoms with E-state index in [1.807, 2.05) is 0 Å². The lowest BCUT2D eigenvalue weighted by atomic mass is 10.1. The number of hydrogen-bond acceptors (Lipinski definition) is 3. The van der Waals surface area contributed by atoms with Gasteiger partial charge >= 0.3 is 18.6 Å². The Hall–Kier alpha value is -2.01. The molecule has 0 bridgehead atoms. The number of nitrogens with zero attached hydrogens (tertiary/aromatic N) is 2. The van der Waals surface area contributed by atoms with Crippen molar-refractivity contribution >= 4 is 6.09 Å². The van der Waals surface area contributed by atoms with Gasteiger partial charge in [-0.2, -0.15) is 13.2 Å². The highest BCUT2D eigenvalue weighted by Crippen LogP contribution is 2.29. The SMILES string of the molecule is O=C(O)N1CCN(Cc2ccc(C(F)(F)F)cc2)CC1COC(F)(F)F. The summed E-state index contributed by atoms with van der Waals surface area (Å²) in [6.07, 6.45) is -10.7. The van der Waals surface area contributed by atoms with Gasteiger partial charge in [0.15, 0.2) is 0 Å². The molecule has 11 heteroatoms. The molecule has 1 aliphatic rings. The van der Waals surface area contributed by atoms with E-state index in [0.29, 0.717) is 5.56 Å². The van der Waals surface area contributed by atoms with Gasteiger partial charge in [0.05, 0.1) is 18.2 Å². The Morgan fingerprint density at radius 3 is 2.23 bits per heavy atom. The smallest absolute Gasteiger partial charge is 0.465 e. The Balaban J connectivity index is 2.01. The second-order valence-corrected chi connectivity index (χ2v) is 5.82. The van der Waals surface area contributed by atoms with Crippen LogP contribution in [0, 0.1) is 0 Å². The summed E-state index contributed by atoms with van der Waals surface area (Å²) >= 11 is 0. The topological polar surface area (TPSA) is 53.0 Å². The fourth-order valence-corrected chi connectivity index (χ4v) is 2.71. The molecule has 1 aliphatic heterocycles. The number of rotatable bonds is 4. The molecule has 1 heterocycles. The first-order chi connectivity index (χ1) is 12.0. The van der Waals surface area contributed by atoms with Crippen LogP contribution in [0.5, 0.6) is 0 Å². The molecule has 1 atom stereocenters. The molecule has 1 unspecified atom stereocenters. The summed E-state index contributed by atoms with van der Waals surface area (Å²) in [6.45, 7) is -0.464. The average molecular weight is 386 g/mol. The second kappa shape index (κ2) is 7.70. The van der Waals surface area contributed by atoms with Gasteiger partial charge < -0.3 is 10.0 Å². The minimum atomic E-state index is -4.88. The number of piperazine rings is 1. The van der Waals surface area contributed by atoms with Crippen LogP contribution in [0.15, 0.2) is 24.3 Å². The largest absolute Gasteiger partial charge is 0.522 e. The lowest BCUT2D eigenvalue weighted by Gasteiger charge is -2.39. The normalized spacial score (nSPS) is 19.6. The molecular formula is C15H16F6N2O3. The predicted octanol–water partition coefficient (Wildman–Crippen LogP) is 3.41. The molecule has 26 heavy (non-hydrogen) atoms. The number of alkyl halides is 6. The summed E-state index contributed by atoms with van der Waals surface area (Å²) < 4.78 is 78.1. The quantitative estimate of drug-likeness (QED) is 0.806. The van der Waals surface area contributed by atoms with Crippen molar-refractivity contribution in [3.05, 3.63) is 35.4 Å². The summed E-state index contributed by atoms with van der Waals surface area (Å²) in [5, 5.41) is 9.08. The molecule has 5 nitrogen and oxygen atoms in total. The van der Waals surface area contributed by atoms with Crippen LogP contribution in [0.4, 0.5) is 31.1 Å². The van der Waals surface area contributed by atoms with Crippen LogP contribution in [0.25, 0.3) is 0 Å². The van der Waals surface area contributed by atoms with E-state index < -0.39 is 36.8 Å². The van der Waals surface area contributed by atoms with Crippen molar-refractivity contribution in [2.75, 3.05) is 26.2 Å². The van der Waals surface area contributed by atoms with Crippen molar-refractivity contribution in [2.45, 2.75) is 25.1 Å². The fourth-order valence-electron chi connectivity index (χ4n) is 2.71. The first-order valence-electron chi connectivity index (χ1n) is 7.54. The van der Waals surface area contributed by atoms with Gasteiger partial charge in [0.1, 0.15) is 0 Å². The van der Waals surface area contributed by atoms with E-state index in [1.54, 1.807) is 4.90 Å². The van der Waals surface area contributed by atoms with Crippen molar-refractivity contribution in [3.8, 4) is 0 Å². The van der Waals surface area contributed by atoms with Gasteiger partial charge in [-0.15, -0.1) is 13.2 Å². The minimum Gasteiger partial charge on any atom is -0.465 e. The van der Waals surface area contributed by atoms with Gasteiger partial charge in [0, 0.05) is 26.2 Å². The molecule has 0 radical (unpaired) electrons. The molecule has 1 aromatic rings. The van der Waals surface area contributed by atoms with Gasteiger partial charge in [-0.1, -0.05) is 12.1 Å². The highest BCUT2D eigenvalue weighted by molar-refractivity contribution is 5.65. The lowest BCUT2D eigenvalue weighted by Crippen LogP contribution is -2.56. The van der Waals surface area contributed by atoms with Crippen LogP contribution in [0.2, 0.25) is 0 Å². The van der Waals surface area contributed by atoms with E-state index in [1.165, 1.54) is 12.1 Å². The van der Waals surface area contributed by atoms with E-state index in [-0.39, 0.29) is 26.2 Å². The molecule has 1 N–H and O–H groups in total. The van der Waals surface area contributed by atoms with Gasteiger partial charge in [0.25, 0.3) is 0 Å². The maximum atomic E-state index is 12.6. The van der Waals surface area contributed by atoms with Crippen LogP contribution in [0.1, 0.15) is 11.1 Å². The first kappa shape index (κ1) is 20.3. The Morgan fingerprint density at radius 2 is 1.73 bits per heavy atom. The van der Waals surface area contributed by atoms with Crippen molar-refractivity contribution in [1.29, 1.82) is 0 Å². The fraction of sp³-hybridized carbons (Fsp3) is 0.533. The van der Waals surface area contributed by atoms with E-state index >= 15 is 0 Å². The van der Waals surface area contributed by atoms with E-state index in [4.69, 9.17) is 5.11 Å². The van der Waals surface area contributed by atoms with Gasteiger partial charge in [-0.3, -0.25) is 9.64 Å². The third-order valence-corrected chi connectivity index (χ3v) is 3.94. The molecule has 0 saturated carbocycles. The number of hydrogen-bond donors (Lipinski definition) is 1. The van der Waals surface area contributed by atoms with Crippen molar-refractivity contribution in [3.63, 3.8) is 0 Å². The summed E-state index contributed by atoms with van der Waals surface area (Å²) in [5.41, 5.74) is -0.259. The number of carboxylic acid groups (broad SMARTS) is 1. The van der Waals surface area contributed by atoms with Crippen LogP contribution >= 0.6 is 0 Å². The second-order valence-electron chi connectivity index (χ2n) is 5.82. The van der Waals surface area contributed by atoms with E-state index in [9.17, 15) is 31.1 Å². The molecule has 0 spiro atoms. The maximum Gasteiger partial charge on any atom is 0.522 e. The van der Waals surface area contributed by atoms with Crippen LogP contribution in [-0.2, 0) is 17.5 Å². The molecule has 0 aliphatic carbocycles. The highest BCUT2D eigenvalue weighted by Gasteiger charge is 2.36. The zero-order valence-corrected chi connectivity index (χ0v) is 13.3. The van der Waals surface area contributed by atoms with Crippen LogP contribution in [-0.4, -0.2) is 59.6 Å². The van der Waals surface area contributed by atoms with E-state index in [0.717, 1.165) is 17.0 Å². The predicted molar refractivity (Wildman–Crippen MR) is 77.2 cm³/mol. The monoisotopic (exact) mass is 386 g/mol. The van der Waals surface area contributed by atoms with Gasteiger partial charge in [-0.05, 0) is 17.7 Å². The summed E-state index contributed by atoms with van der Waals surface area (Å²) in [7, 11) is 0. The average Bonchev–Trinajstić information content (AvgIpc) is 2.52. The number of benzene rings is 1. The van der Waals surface area contributed by atoms with Gasteiger partial charge in [-0.25, -0.2) is 4.79 Å². The first-order valence-corrected chi connectivity index (χ1v) is 7.54. The summed E-state index contributed by atoms with van der Waals surface area (Å²) in [5.74, 6) is 0. The Kier molecular flexibility index (Phi) is 6.02. The maximum absolute atomic E-state index is 12.6. The number of carbonyl (C=O) groups is 1. The van der Waals surface area contributed by atoms with Crippen LogP contribution < -0.4 is 0 Å². The van der Waals surface area contributed by atoms with E-state index in [2.05, 4.69) is 4.74 Å².